The summed E-state index contributed by atoms with van der Waals surface area (Å²) in [5.41, 5.74) is 6.37. The van der Waals surface area contributed by atoms with Crippen molar-refractivity contribution in [3.8, 4) is 11.5 Å². The van der Waals surface area contributed by atoms with Crippen LogP contribution in [-0.2, 0) is 11.3 Å². The fourth-order valence-corrected chi connectivity index (χ4v) is 1.60. The van der Waals surface area contributed by atoms with Gasteiger partial charge in [-0.15, -0.1) is 0 Å². The number of carbonyl (C=O) groups is 2. The van der Waals surface area contributed by atoms with Crippen LogP contribution in [0.1, 0.15) is 19.4 Å². The smallest absolute Gasteiger partial charge is 0.321 e. The van der Waals surface area contributed by atoms with E-state index in [-0.39, 0.29) is 6.54 Å². The minimum Gasteiger partial charge on any atom is -0.497 e. The second-order valence-corrected chi connectivity index (χ2v) is 4.29. The number of amides is 3. The van der Waals surface area contributed by atoms with Crippen molar-refractivity contribution in [1.82, 2.24) is 10.6 Å². The van der Waals surface area contributed by atoms with Crippen LogP contribution in [0, 0.1) is 0 Å². The van der Waals surface area contributed by atoms with E-state index in [1.54, 1.807) is 32.0 Å². The highest BCUT2D eigenvalue weighted by Crippen LogP contribution is 2.25. The molecule has 0 aliphatic rings. The Labute approximate surface area is 123 Å². The average molecular weight is 295 g/mol. The average Bonchev–Trinajstić information content (AvgIpc) is 2.47. The van der Waals surface area contributed by atoms with Crippen LogP contribution in [0.2, 0.25) is 0 Å². The molecule has 7 heteroatoms. The van der Waals surface area contributed by atoms with Crippen molar-refractivity contribution in [2.24, 2.45) is 5.73 Å². The number of nitrogens with one attached hydrogen (secondary N) is 2. The third kappa shape index (κ3) is 4.96. The maximum absolute atomic E-state index is 11.8. The van der Waals surface area contributed by atoms with Crippen molar-refractivity contribution in [2.45, 2.75) is 26.5 Å². The number of hydrogen-bond donors (Lipinski definition) is 3. The lowest BCUT2D eigenvalue weighted by atomic mass is 10.2. The molecule has 1 unspecified atom stereocenters. The van der Waals surface area contributed by atoms with Crippen molar-refractivity contribution in [2.75, 3.05) is 13.7 Å². The minimum atomic E-state index is -0.843. The molecule has 1 rings (SSSR count). The van der Waals surface area contributed by atoms with E-state index in [0.29, 0.717) is 18.0 Å². The molecule has 7 nitrogen and oxygen atoms in total. The third-order valence-electron chi connectivity index (χ3n) is 2.74. The Morgan fingerprint density at radius 3 is 2.67 bits per heavy atom. The van der Waals surface area contributed by atoms with E-state index < -0.39 is 18.0 Å². The normalized spacial score (nSPS) is 11.4. The number of nitrogens with two attached hydrogens (primary N) is 1. The molecular weight excluding hydrogens is 274 g/mol. The molecule has 0 aliphatic carbocycles. The second-order valence-electron chi connectivity index (χ2n) is 4.29. The van der Waals surface area contributed by atoms with Gasteiger partial charge < -0.3 is 20.5 Å². The molecule has 1 atom stereocenters. The largest absolute Gasteiger partial charge is 0.497 e. The summed E-state index contributed by atoms with van der Waals surface area (Å²) in [6, 6.07) is 4.62. The van der Waals surface area contributed by atoms with Gasteiger partial charge in [0.15, 0.2) is 6.10 Å². The Bertz CT molecular complexity index is 505. The van der Waals surface area contributed by atoms with Crippen molar-refractivity contribution in [3.63, 3.8) is 0 Å². The van der Waals surface area contributed by atoms with Crippen LogP contribution in [0.25, 0.3) is 0 Å². The summed E-state index contributed by atoms with van der Waals surface area (Å²) in [5, 5.41) is 4.66. The Hall–Kier alpha value is -2.28. The molecule has 0 aliphatic heterocycles. The molecule has 4 N–H and O–H groups in total. The molecule has 0 radical (unpaired) electrons. The van der Waals surface area contributed by atoms with Gasteiger partial charge in [-0.3, -0.25) is 10.1 Å². The zero-order valence-corrected chi connectivity index (χ0v) is 12.4. The fraction of sp³-hybridized carbons (Fsp3) is 0.429. The van der Waals surface area contributed by atoms with E-state index in [2.05, 4.69) is 10.6 Å². The maximum atomic E-state index is 11.8. The summed E-state index contributed by atoms with van der Waals surface area (Å²) in [5.74, 6) is 0.515. The van der Waals surface area contributed by atoms with Crippen molar-refractivity contribution < 1.29 is 19.1 Å². The number of carbonyl (C=O) groups excluding carboxylic acids is 2. The summed E-state index contributed by atoms with van der Waals surface area (Å²) in [4.78, 5) is 23.1. The lowest BCUT2D eigenvalue weighted by molar-refractivity contribution is -0.126. The Morgan fingerprint density at radius 2 is 2.10 bits per heavy atom. The van der Waals surface area contributed by atoms with Crippen molar-refractivity contribution in [1.29, 1.82) is 0 Å². The van der Waals surface area contributed by atoms with Gasteiger partial charge in [-0.25, -0.2) is 4.79 Å². The van der Waals surface area contributed by atoms with Crippen LogP contribution >= 0.6 is 0 Å². The van der Waals surface area contributed by atoms with E-state index in [9.17, 15) is 9.59 Å². The summed E-state index contributed by atoms with van der Waals surface area (Å²) in [7, 11) is 1.53. The molecule has 21 heavy (non-hydrogen) atoms. The van der Waals surface area contributed by atoms with E-state index >= 15 is 0 Å². The first-order chi connectivity index (χ1) is 10.0. The molecule has 0 bridgehead atoms. The molecule has 0 spiro atoms. The zero-order valence-electron chi connectivity index (χ0n) is 12.4. The predicted octanol–water partition coefficient (Wildman–Crippen LogP) is 0.767. The molecule has 0 aromatic heterocycles. The molecular formula is C14H21N3O4. The van der Waals surface area contributed by atoms with Crippen LogP contribution in [0.5, 0.6) is 11.5 Å². The van der Waals surface area contributed by atoms with E-state index in [1.165, 1.54) is 7.11 Å². The summed E-state index contributed by atoms with van der Waals surface area (Å²) in [6.45, 7) is 4.01. The first kappa shape index (κ1) is 16.8. The lowest BCUT2D eigenvalue weighted by Crippen LogP contribution is -2.45. The highest BCUT2D eigenvalue weighted by Gasteiger charge is 2.18. The van der Waals surface area contributed by atoms with Crippen LogP contribution in [0.3, 0.4) is 0 Å². The standard InChI is InChI=1S/C14H21N3O4/c1-4-16-14(19)17-13(18)9(2)21-12-7-11(20-3)6-5-10(12)8-15/h5-7,9H,4,8,15H2,1-3H3,(H2,16,17,18,19). The predicted molar refractivity (Wildman–Crippen MR) is 78.2 cm³/mol. The highest BCUT2D eigenvalue weighted by molar-refractivity contribution is 5.96. The fourth-order valence-electron chi connectivity index (χ4n) is 1.60. The SMILES string of the molecule is CCNC(=O)NC(=O)C(C)Oc1cc(OC)ccc1CN. The zero-order chi connectivity index (χ0) is 15.8. The number of methoxy groups -OCH3 is 1. The van der Waals surface area contributed by atoms with Gasteiger partial charge in [-0.05, 0) is 19.9 Å². The Morgan fingerprint density at radius 1 is 1.38 bits per heavy atom. The van der Waals surface area contributed by atoms with E-state index in [0.717, 1.165) is 5.56 Å². The molecule has 0 saturated carbocycles. The number of urea groups is 1. The molecule has 1 aromatic rings. The first-order valence-electron chi connectivity index (χ1n) is 6.64. The monoisotopic (exact) mass is 295 g/mol. The third-order valence-corrected chi connectivity index (χ3v) is 2.74. The van der Waals surface area contributed by atoms with Gasteiger partial charge >= 0.3 is 6.03 Å². The minimum absolute atomic E-state index is 0.268. The van der Waals surface area contributed by atoms with Gasteiger partial charge in [-0.2, -0.15) is 0 Å². The van der Waals surface area contributed by atoms with E-state index in [1.807, 2.05) is 0 Å². The molecule has 0 fully saturated rings. The van der Waals surface area contributed by atoms with E-state index in [4.69, 9.17) is 15.2 Å². The van der Waals surface area contributed by atoms with Crippen molar-refractivity contribution in [3.05, 3.63) is 23.8 Å². The summed E-state index contributed by atoms with van der Waals surface area (Å²) in [6.07, 6.45) is -0.843. The number of rotatable bonds is 6. The number of ether oxygens (including phenoxy) is 2. The highest BCUT2D eigenvalue weighted by atomic mass is 16.5. The van der Waals surface area contributed by atoms with Gasteiger partial charge in [0.25, 0.3) is 5.91 Å². The number of imide groups is 1. The Kier molecular flexibility index (Phi) is 6.48. The summed E-state index contributed by atoms with van der Waals surface area (Å²) >= 11 is 0. The molecule has 0 heterocycles. The number of hydrogen-bond acceptors (Lipinski definition) is 5. The second kappa shape index (κ2) is 8.11. The van der Waals surface area contributed by atoms with Crippen LogP contribution in [0.15, 0.2) is 18.2 Å². The van der Waals surface area contributed by atoms with Gasteiger partial charge in [0.2, 0.25) is 0 Å². The lowest BCUT2D eigenvalue weighted by Gasteiger charge is -2.17. The topological polar surface area (TPSA) is 103 Å². The Balaban J connectivity index is 2.75. The van der Waals surface area contributed by atoms with Gasteiger partial charge in [0, 0.05) is 24.7 Å². The van der Waals surface area contributed by atoms with Crippen LogP contribution in [0.4, 0.5) is 4.79 Å². The number of benzene rings is 1. The van der Waals surface area contributed by atoms with Gasteiger partial charge in [-0.1, -0.05) is 6.07 Å². The molecule has 0 saturated heterocycles. The molecule has 3 amide bonds. The molecule has 1 aromatic carbocycles. The van der Waals surface area contributed by atoms with Gasteiger partial charge in [0.1, 0.15) is 11.5 Å². The maximum Gasteiger partial charge on any atom is 0.321 e. The first-order valence-corrected chi connectivity index (χ1v) is 6.64. The quantitative estimate of drug-likeness (QED) is 0.719. The molecule has 116 valence electrons. The van der Waals surface area contributed by atoms with Crippen LogP contribution in [-0.4, -0.2) is 31.7 Å². The summed E-state index contributed by atoms with van der Waals surface area (Å²) < 4.78 is 10.7. The van der Waals surface area contributed by atoms with Crippen molar-refractivity contribution >= 4 is 11.9 Å². The van der Waals surface area contributed by atoms with Gasteiger partial charge in [0.05, 0.1) is 7.11 Å². The van der Waals surface area contributed by atoms with Crippen LogP contribution < -0.4 is 25.8 Å².